The number of thioether (sulfide) groups is 1. The van der Waals surface area contributed by atoms with Gasteiger partial charge in [0.2, 0.25) is 0 Å². The molecule has 0 bridgehead atoms. The summed E-state index contributed by atoms with van der Waals surface area (Å²) in [6.07, 6.45) is 0.628. The van der Waals surface area contributed by atoms with Crippen LogP contribution in [-0.2, 0) is 6.42 Å². The Hall–Kier alpha value is -1.03. The third kappa shape index (κ3) is 4.23. The van der Waals surface area contributed by atoms with Crippen LogP contribution >= 0.6 is 23.4 Å². The van der Waals surface area contributed by atoms with E-state index in [-0.39, 0.29) is 16.9 Å². The van der Waals surface area contributed by atoms with Crippen LogP contribution in [-0.4, -0.2) is 18.8 Å². The van der Waals surface area contributed by atoms with Crippen LogP contribution in [0.25, 0.3) is 0 Å². The van der Waals surface area contributed by atoms with E-state index < -0.39 is 0 Å². The molecule has 0 spiro atoms. The van der Waals surface area contributed by atoms with Gasteiger partial charge in [-0.15, -0.1) is 11.8 Å². The Morgan fingerprint density at radius 2 is 1.90 bits per heavy atom. The van der Waals surface area contributed by atoms with Crippen molar-refractivity contribution in [3.05, 3.63) is 64.9 Å². The molecule has 0 saturated carbocycles. The third-order valence-corrected chi connectivity index (χ3v) is 4.57. The number of halogens is 2. The second-order valence-electron chi connectivity index (χ2n) is 4.53. The van der Waals surface area contributed by atoms with Crippen molar-refractivity contribution in [3.63, 3.8) is 0 Å². The number of likely N-dealkylation sites (N-methyl/N-ethyl adjacent to an activating group) is 1. The molecule has 106 valence electrons. The van der Waals surface area contributed by atoms with Gasteiger partial charge < -0.3 is 5.32 Å². The summed E-state index contributed by atoms with van der Waals surface area (Å²) in [6.45, 7) is 0. The van der Waals surface area contributed by atoms with E-state index in [2.05, 4.69) is 17.4 Å². The normalized spacial score (nSPS) is 12.3. The maximum atomic E-state index is 13.9. The molecule has 0 radical (unpaired) electrons. The van der Waals surface area contributed by atoms with Gasteiger partial charge in [-0.2, -0.15) is 0 Å². The van der Waals surface area contributed by atoms with Gasteiger partial charge in [0.25, 0.3) is 0 Å². The van der Waals surface area contributed by atoms with E-state index in [0.29, 0.717) is 12.0 Å². The van der Waals surface area contributed by atoms with E-state index >= 15 is 0 Å². The van der Waals surface area contributed by atoms with Crippen molar-refractivity contribution in [2.75, 3.05) is 12.8 Å². The van der Waals surface area contributed by atoms with E-state index in [4.69, 9.17) is 11.6 Å². The lowest BCUT2D eigenvalue weighted by Gasteiger charge is -2.16. The topological polar surface area (TPSA) is 12.0 Å². The molecule has 0 heterocycles. The van der Waals surface area contributed by atoms with Crippen molar-refractivity contribution in [1.29, 1.82) is 0 Å². The fourth-order valence-corrected chi connectivity index (χ4v) is 3.15. The van der Waals surface area contributed by atoms with Gasteiger partial charge in [0.15, 0.2) is 0 Å². The van der Waals surface area contributed by atoms with Gasteiger partial charge in [-0.25, -0.2) is 4.39 Å². The first-order valence-electron chi connectivity index (χ1n) is 6.48. The van der Waals surface area contributed by atoms with E-state index in [1.165, 1.54) is 4.90 Å². The van der Waals surface area contributed by atoms with Gasteiger partial charge in [0, 0.05) is 16.7 Å². The zero-order valence-corrected chi connectivity index (χ0v) is 12.8. The molecule has 20 heavy (non-hydrogen) atoms. The van der Waals surface area contributed by atoms with Gasteiger partial charge in [-0.05, 0) is 37.2 Å². The maximum absolute atomic E-state index is 13.9. The van der Waals surface area contributed by atoms with Crippen LogP contribution in [0.1, 0.15) is 5.56 Å². The minimum atomic E-state index is -0.306. The van der Waals surface area contributed by atoms with Crippen LogP contribution < -0.4 is 5.32 Å². The van der Waals surface area contributed by atoms with Crippen molar-refractivity contribution in [2.24, 2.45) is 0 Å². The number of benzene rings is 2. The molecule has 2 aromatic rings. The Morgan fingerprint density at radius 3 is 2.60 bits per heavy atom. The molecule has 1 nitrogen and oxygen atoms in total. The van der Waals surface area contributed by atoms with Crippen LogP contribution in [0.3, 0.4) is 0 Å². The average molecular weight is 310 g/mol. The minimum Gasteiger partial charge on any atom is -0.316 e. The Labute approximate surface area is 128 Å². The summed E-state index contributed by atoms with van der Waals surface area (Å²) in [6, 6.07) is 15.6. The van der Waals surface area contributed by atoms with Gasteiger partial charge in [-0.1, -0.05) is 41.9 Å². The molecular weight excluding hydrogens is 293 g/mol. The highest BCUT2D eigenvalue weighted by Crippen LogP contribution is 2.22. The van der Waals surface area contributed by atoms with E-state index in [9.17, 15) is 4.39 Å². The molecule has 0 fully saturated rings. The molecule has 4 heteroatoms. The Morgan fingerprint density at radius 1 is 1.15 bits per heavy atom. The molecule has 1 atom stereocenters. The van der Waals surface area contributed by atoms with Crippen LogP contribution in [0.2, 0.25) is 5.02 Å². The van der Waals surface area contributed by atoms with Crippen molar-refractivity contribution < 1.29 is 4.39 Å². The predicted molar refractivity (Wildman–Crippen MR) is 85.1 cm³/mol. The Kier molecular flexibility index (Phi) is 5.89. The average Bonchev–Trinajstić information content (AvgIpc) is 2.49. The van der Waals surface area contributed by atoms with Crippen LogP contribution in [0.4, 0.5) is 4.39 Å². The summed E-state index contributed by atoms with van der Waals surface area (Å²) in [7, 11) is 1.90. The summed E-state index contributed by atoms with van der Waals surface area (Å²) in [5.41, 5.74) is 0.658. The second-order valence-corrected chi connectivity index (χ2v) is 6.03. The lowest BCUT2D eigenvalue weighted by atomic mass is 10.1. The molecular formula is C16H17ClFNS. The van der Waals surface area contributed by atoms with Crippen LogP contribution in [0, 0.1) is 5.82 Å². The molecule has 2 rings (SSSR count). The molecule has 0 aliphatic heterocycles. The first-order chi connectivity index (χ1) is 9.70. The molecule has 1 unspecified atom stereocenters. The lowest BCUT2D eigenvalue weighted by Crippen LogP contribution is -2.30. The summed E-state index contributed by atoms with van der Waals surface area (Å²) in [5.74, 6) is 0.575. The van der Waals surface area contributed by atoms with Gasteiger partial charge in [0.05, 0.1) is 5.02 Å². The summed E-state index contributed by atoms with van der Waals surface area (Å²) in [4.78, 5) is 1.22. The Balaban J connectivity index is 1.97. The highest BCUT2D eigenvalue weighted by atomic mass is 35.5. The van der Waals surface area contributed by atoms with E-state index in [0.717, 1.165) is 5.75 Å². The summed E-state index contributed by atoms with van der Waals surface area (Å²) >= 11 is 7.58. The third-order valence-electron chi connectivity index (χ3n) is 3.10. The molecule has 0 aliphatic rings. The highest BCUT2D eigenvalue weighted by Gasteiger charge is 2.12. The molecule has 1 N–H and O–H groups in total. The summed E-state index contributed by atoms with van der Waals surface area (Å²) in [5, 5.41) is 3.42. The van der Waals surface area contributed by atoms with Crippen LogP contribution in [0.5, 0.6) is 0 Å². The smallest absolute Gasteiger partial charge is 0.145 e. The second kappa shape index (κ2) is 7.67. The van der Waals surface area contributed by atoms with Gasteiger partial charge in [-0.3, -0.25) is 0 Å². The van der Waals surface area contributed by atoms with E-state index in [1.807, 2.05) is 25.2 Å². The van der Waals surface area contributed by atoms with Gasteiger partial charge >= 0.3 is 0 Å². The molecule has 2 aromatic carbocycles. The highest BCUT2D eigenvalue weighted by molar-refractivity contribution is 7.99. The predicted octanol–water partition coefficient (Wildman–Crippen LogP) is 4.40. The SMILES string of the molecule is CNC(CSc1ccccc1)Cc1cccc(Cl)c1F. The zero-order chi connectivity index (χ0) is 14.4. The van der Waals surface area contributed by atoms with Crippen molar-refractivity contribution in [1.82, 2.24) is 5.32 Å². The number of nitrogens with one attached hydrogen (secondary N) is 1. The number of hydrogen-bond acceptors (Lipinski definition) is 2. The quantitative estimate of drug-likeness (QED) is 0.794. The van der Waals surface area contributed by atoms with Gasteiger partial charge in [0.1, 0.15) is 5.82 Å². The fourth-order valence-electron chi connectivity index (χ4n) is 1.93. The maximum Gasteiger partial charge on any atom is 0.145 e. The number of hydrogen-bond donors (Lipinski definition) is 1. The monoisotopic (exact) mass is 309 g/mol. The standard InChI is InChI=1S/C16H17ClFNS/c1-19-13(11-20-14-7-3-2-4-8-14)10-12-6-5-9-15(17)16(12)18/h2-9,13,19H,10-11H2,1H3. The van der Waals surface area contributed by atoms with Crippen molar-refractivity contribution in [3.8, 4) is 0 Å². The zero-order valence-electron chi connectivity index (χ0n) is 11.3. The number of rotatable bonds is 6. The fraction of sp³-hybridized carbons (Fsp3) is 0.250. The minimum absolute atomic E-state index is 0.188. The molecule has 0 aromatic heterocycles. The first kappa shape index (κ1) is 15.4. The molecule has 0 saturated heterocycles. The van der Waals surface area contributed by atoms with E-state index in [1.54, 1.807) is 30.0 Å². The molecule has 0 amide bonds. The Bertz CT molecular complexity index is 547. The molecule has 0 aliphatic carbocycles. The van der Waals surface area contributed by atoms with Crippen LogP contribution in [0.15, 0.2) is 53.4 Å². The largest absolute Gasteiger partial charge is 0.316 e. The van der Waals surface area contributed by atoms with Crippen molar-refractivity contribution >= 4 is 23.4 Å². The summed E-state index contributed by atoms with van der Waals surface area (Å²) < 4.78 is 13.9. The lowest BCUT2D eigenvalue weighted by molar-refractivity contribution is 0.568. The van der Waals surface area contributed by atoms with Crippen molar-refractivity contribution in [2.45, 2.75) is 17.4 Å². The first-order valence-corrected chi connectivity index (χ1v) is 7.85.